The summed E-state index contributed by atoms with van der Waals surface area (Å²) >= 11 is 0. The molecule has 0 saturated carbocycles. The van der Waals surface area contributed by atoms with Crippen LogP contribution in [0.4, 0.5) is 5.69 Å². The van der Waals surface area contributed by atoms with Crippen LogP contribution in [0.2, 0.25) is 0 Å². The Kier molecular flexibility index (Phi) is 10.5. The van der Waals surface area contributed by atoms with E-state index < -0.39 is 5.91 Å². The number of benzene rings is 2. The quantitative estimate of drug-likeness (QED) is 0.216. The fraction of sp³-hybridized carbons (Fsp3) is 0.200. The van der Waals surface area contributed by atoms with Crippen LogP contribution >= 0.6 is 0 Å². The Morgan fingerprint density at radius 2 is 1.65 bits per heavy atom. The molecule has 1 heterocycles. The fourth-order valence-electron chi connectivity index (χ4n) is 3.64. The molecule has 0 aliphatic carbocycles. The van der Waals surface area contributed by atoms with E-state index in [1.165, 1.54) is 17.6 Å². The third-order valence-corrected chi connectivity index (χ3v) is 5.76. The normalized spacial score (nSPS) is 14.5. The number of nitrogens with zero attached hydrogens (tertiary/aromatic N) is 2. The maximum atomic E-state index is 12.6. The van der Waals surface area contributed by atoms with E-state index in [1.807, 2.05) is 60.4 Å². The van der Waals surface area contributed by atoms with Crippen molar-refractivity contribution in [2.75, 3.05) is 31.1 Å². The van der Waals surface area contributed by atoms with Gasteiger partial charge in [0.15, 0.2) is 0 Å². The number of hydrogen-bond donors (Lipinski definition) is 2. The van der Waals surface area contributed by atoms with Crippen molar-refractivity contribution in [3.63, 3.8) is 0 Å². The lowest BCUT2D eigenvalue weighted by atomic mass is 10.2. The number of nitrogens with one attached hydrogen (secondary N) is 1. The lowest BCUT2D eigenvalue weighted by molar-refractivity contribution is -0.126. The van der Waals surface area contributed by atoms with Gasteiger partial charge in [0.25, 0.3) is 5.91 Å². The summed E-state index contributed by atoms with van der Waals surface area (Å²) in [4.78, 5) is 27.7. The smallest absolute Gasteiger partial charge is 0.267 e. The van der Waals surface area contributed by atoms with Gasteiger partial charge in [-0.2, -0.15) is 0 Å². The molecule has 7 nitrogen and oxygen atoms in total. The van der Waals surface area contributed by atoms with Gasteiger partial charge in [-0.15, -0.1) is 0 Å². The maximum Gasteiger partial charge on any atom is 0.267 e. The van der Waals surface area contributed by atoms with Crippen LogP contribution in [0.3, 0.4) is 0 Å². The molecular formula is C30H33N3O4. The minimum absolute atomic E-state index is 0.0107. The molecule has 0 bridgehead atoms. The Morgan fingerprint density at radius 3 is 2.32 bits per heavy atom. The Labute approximate surface area is 218 Å². The standard InChI is InChI=1S/C30H33N3O4/c1-24(11-17-29(34)31-36)7-6-8-25(2)12-18-30(35)33-21-19-32(20-22-33)27-13-15-28(16-14-27)37-23-26-9-4-3-5-10-26/h3-18,36H,1,19-23H2,2H3,(H,31,34)/b7-6-,17-11+,18-12+,25-8+. The van der Waals surface area contributed by atoms with Gasteiger partial charge in [0.05, 0.1) is 0 Å². The molecule has 1 aliphatic rings. The molecule has 0 spiro atoms. The highest BCUT2D eigenvalue weighted by Gasteiger charge is 2.19. The van der Waals surface area contributed by atoms with E-state index >= 15 is 0 Å². The van der Waals surface area contributed by atoms with Crippen molar-refractivity contribution in [2.45, 2.75) is 13.5 Å². The van der Waals surface area contributed by atoms with Crippen molar-refractivity contribution in [3.05, 3.63) is 120 Å². The second kappa shape index (κ2) is 14.3. The highest BCUT2D eigenvalue weighted by atomic mass is 16.5. The minimum Gasteiger partial charge on any atom is -0.489 e. The van der Waals surface area contributed by atoms with Gasteiger partial charge < -0.3 is 14.5 Å². The average Bonchev–Trinajstić information content (AvgIpc) is 2.94. The van der Waals surface area contributed by atoms with E-state index in [-0.39, 0.29) is 5.91 Å². The first kappa shape index (κ1) is 27.2. The van der Waals surface area contributed by atoms with E-state index in [0.717, 1.165) is 35.7 Å². The van der Waals surface area contributed by atoms with E-state index in [9.17, 15) is 9.59 Å². The van der Waals surface area contributed by atoms with Gasteiger partial charge in [-0.1, -0.05) is 72.9 Å². The summed E-state index contributed by atoms with van der Waals surface area (Å²) in [6, 6.07) is 18.2. The molecule has 0 atom stereocenters. The molecule has 0 radical (unpaired) electrons. The fourth-order valence-corrected chi connectivity index (χ4v) is 3.64. The van der Waals surface area contributed by atoms with Gasteiger partial charge in [-0.05, 0) is 42.3 Å². The number of carbonyl (C=O) groups excluding carboxylic acids is 2. The molecule has 2 aromatic carbocycles. The average molecular weight is 500 g/mol. The summed E-state index contributed by atoms with van der Waals surface area (Å²) in [5.41, 5.74) is 5.27. The molecule has 2 amide bonds. The predicted molar refractivity (Wildman–Crippen MR) is 146 cm³/mol. The summed E-state index contributed by atoms with van der Waals surface area (Å²) < 4.78 is 5.87. The van der Waals surface area contributed by atoms with Crippen LogP contribution < -0.4 is 15.1 Å². The molecule has 2 aromatic rings. The summed E-state index contributed by atoms with van der Waals surface area (Å²) in [6.07, 6.45) is 11.4. The molecule has 1 saturated heterocycles. The SMILES string of the molecule is C=C(\C=C/C=C(C)/C=C/C(=O)N1CCN(c2ccc(OCc3ccccc3)cc2)CC1)/C=C/C(=O)NO. The highest BCUT2D eigenvalue weighted by Crippen LogP contribution is 2.21. The topological polar surface area (TPSA) is 82.1 Å². The summed E-state index contributed by atoms with van der Waals surface area (Å²) in [7, 11) is 0. The molecule has 3 rings (SSSR count). The van der Waals surface area contributed by atoms with Crippen LogP contribution in [0.1, 0.15) is 12.5 Å². The molecule has 1 aliphatic heterocycles. The number of piperazine rings is 1. The molecule has 1 fully saturated rings. The maximum absolute atomic E-state index is 12.6. The van der Waals surface area contributed by atoms with Crippen LogP contribution in [-0.4, -0.2) is 48.1 Å². The zero-order valence-corrected chi connectivity index (χ0v) is 21.0. The number of ether oxygens (including phenoxy) is 1. The number of hydrogen-bond acceptors (Lipinski definition) is 5. The van der Waals surface area contributed by atoms with Gasteiger partial charge >= 0.3 is 0 Å². The van der Waals surface area contributed by atoms with Crippen molar-refractivity contribution in [1.82, 2.24) is 10.4 Å². The largest absolute Gasteiger partial charge is 0.489 e. The molecule has 37 heavy (non-hydrogen) atoms. The van der Waals surface area contributed by atoms with Crippen LogP contribution in [0.25, 0.3) is 0 Å². The number of carbonyl (C=O) groups is 2. The second-order valence-corrected chi connectivity index (χ2v) is 8.57. The lowest BCUT2D eigenvalue weighted by Gasteiger charge is -2.35. The number of hydroxylamine groups is 1. The van der Waals surface area contributed by atoms with E-state index in [4.69, 9.17) is 9.94 Å². The van der Waals surface area contributed by atoms with Gasteiger partial charge in [0.1, 0.15) is 12.4 Å². The number of rotatable bonds is 10. The molecule has 0 unspecified atom stereocenters. The first-order valence-electron chi connectivity index (χ1n) is 12.1. The van der Waals surface area contributed by atoms with Crippen molar-refractivity contribution in [3.8, 4) is 5.75 Å². The third kappa shape index (κ3) is 9.31. The molecule has 192 valence electrons. The zero-order chi connectivity index (χ0) is 26.5. The first-order chi connectivity index (χ1) is 17.9. The lowest BCUT2D eigenvalue weighted by Crippen LogP contribution is -2.48. The molecular weight excluding hydrogens is 466 g/mol. The monoisotopic (exact) mass is 499 g/mol. The van der Waals surface area contributed by atoms with Crippen LogP contribution in [-0.2, 0) is 16.2 Å². The zero-order valence-electron chi connectivity index (χ0n) is 21.0. The molecule has 2 N–H and O–H groups in total. The third-order valence-electron chi connectivity index (χ3n) is 5.76. The minimum atomic E-state index is -0.620. The van der Waals surface area contributed by atoms with Crippen molar-refractivity contribution in [1.29, 1.82) is 0 Å². The number of amides is 2. The van der Waals surface area contributed by atoms with Crippen LogP contribution in [0, 0.1) is 0 Å². The van der Waals surface area contributed by atoms with Crippen molar-refractivity contribution < 1.29 is 19.5 Å². The Hall–Kier alpha value is -4.36. The summed E-state index contributed by atoms with van der Waals surface area (Å²) in [6.45, 7) is 9.09. The van der Waals surface area contributed by atoms with Gasteiger partial charge in [-0.3, -0.25) is 14.8 Å². The van der Waals surface area contributed by atoms with Crippen LogP contribution in [0.15, 0.2) is 115 Å². The van der Waals surface area contributed by atoms with Crippen LogP contribution in [0.5, 0.6) is 5.75 Å². The highest BCUT2D eigenvalue weighted by molar-refractivity contribution is 5.88. The van der Waals surface area contributed by atoms with Crippen molar-refractivity contribution in [2.24, 2.45) is 0 Å². The van der Waals surface area contributed by atoms with E-state index in [0.29, 0.717) is 25.3 Å². The molecule has 7 heteroatoms. The van der Waals surface area contributed by atoms with Gasteiger partial charge in [0, 0.05) is 44.0 Å². The Balaban J connectivity index is 1.42. The van der Waals surface area contributed by atoms with Gasteiger partial charge in [-0.25, -0.2) is 5.48 Å². The summed E-state index contributed by atoms with van der Waals surface area (Å²) in [5, 5.41) is 8.46. The van der Waals surface area contributed by atoms with Crippen molar-refractivity contribution >= 4 is 17.5 Å². The van der Waals surface area contributed by atoms with E-state index in [1.54, 1.807) is 24.3 Å². The number of anilines is 1. The Morgan fingerprint density at radius 1 is 0.946 bits per heavy atom. The second-order valence-electron chi connectivity index (χ2n) is 8.57. The van der Waals surface area contributed by atoms with E-state index in [2.05, 4.69) is 23.6 Å². The predicted octanol–water partition coefficient (Wildman–Crippen LogP) is 4.59. The Bertz CT molecular complexity index is 1170. The number of allylic oxidation sites excluding steroid dienone is 7. The molecule has 0 aromatic heterocycles. The summed E-state index contributed by atoms with van der Waals surface area (Å²) in [5.74, 6) is 0.202. The van der Waals surface area contributed by atoms with Gasteiger partial charge in [0.2, 0.25) is 5.91 Å². The first-order valence-corrected chi connectivity index (χ1v) is 12.1.